The lowest BCUT2D eigenvalue weighted by atomic mass is 10.1. The molecular weight excluding hydrogens is 268 g/mol. The average Bonchev–Trinajstić information content (AvgIpc) is 2.55. The number of esters is 1. The maximum Gasteiger partial charge on any atom is 0.338 e. The molecule has 21 heavy (non-hydrogen) atoms. The van der Waals surface area contributed by atoms with Crippen molar-refractivity contribution in [3.63, 3.8) is 0 Å². The van der Waals surface area contributed by atoms with Crippen molar-refractivity contribution in [2.24, 2.45) is 0 Å². The summed E-state index contributed by atoms with van der Waals surface area (Å²) in [5.41, 5.74) is 1.38. The van der Waals surface area contributed by atoms with E-state index in [0.29, 0.717) is 25.4 Å². The number of benzene rings is 1. The van der Waals surface area contributed by atoms with Crippen molar-refractivity contribution in [1.82, 2.24) is 4.98 Å². The summed E-state index contributed by atoms with van der Waals surface area (Å²) in [4.78, 5) is 19.0. The molecule has 0 bridgehead atoms. The molecule has 1 aliphatic heterocycles. The Balaban J connectivity index is 2.07. The van der Waals surface area contributed by atoms with E-state index in [1.807, 2.05) is 37.3 Å². The monoisotopic (exact) mass is 286 g/mol. The van der Waals surface area contributed by atoms with E-state index >= 15 is 0 Å². The lowest BCUT2D eigenvalue weighted by Crippen LogP contribution is -2.36. The smallest absolute Gasteiger partial charge is 0.338 e. The van der Waals surface area contributed by atoms with Crippen molar-refractivity contribution in [2.45, 2.75) is 6.92 Å². The van der Waals surface area contributed by atoms with Crippen LogP contribution in [0.5, 0.6) is 0 Å². The standard InChI is InChI=1S/C16H18N2O3/c1-2-21-16(19)13-11-15(18-7-9-20-10-8-18)17-14-6-4-3-5-12(13)14/h3-6,11H,2,7-10H2,1H3. The van der Waals surface area contributed by atoms with Gasteiger partial charge in [-0.15, -0.1) is 0 Å². The fourth-order valence-corrected chi connectivity index (χ4v) is 2.49. The van der Waals surface area contributed by atoms with Crippen molar-refractivity contribution in [3.05, 3.63) is 35.9 Å². The van der Waals surface area contributed by atoms with E-state index in [4.69, 9.17) is 9.47 Å². The zero-order chi connectivity index (χ0) is 14.7. The second kappa shape index (κ2) is 6.10. The number of rotatable bonds is 3. The van der Waals surface area contributed by atoms with Crippen LogP contribution >= 0.6 is 0 Å². The molecule has 0 unspecified atom stereocenters. The number of morpholine rings is 1. The number of hydrogen-bond donors (Lipinski definition) is 0. The molecule has 1 fully saturated rings. The highest BCUT2D eigenvalue weighted by Crippen LogP contribution is 2.24. The molecule has 5 heteroatoms. The van der Waals surface area contributed by atoms with Gasteiger partial charge in [-0.05, 0) is 19.1 Å². The number of carbonyl (C=O) groups is 1. The van der Waals surface area contributed by atoms with Crippen LogP contribution in [0.2, 0.25) is 0 Å². The molecule has 1 aromatic carbocycles. The van der Waals surface area contributed by atoms with E-state index in [9.17, 15) is 4.79 Å². The minimum Gasteiger partial charge on any atom is -0.462 e. The molecule has 0 aliphatic carbocycles. The number of ether oxygens (including phenoxy) is 2. The first-order chi connectivity index (χ1) is 10.3. The van der Waals surface area contributed by atoms with Crippen LogP contribution in [0.25, 0.3) is 10.9 Å². The fraction of sp³-hybridized carbons (Fsp3) is 0.375. The lowest BCUT2D eigenvalue weighted by Gasteiger charge is -2.28. The predicted octanol–water partition coefficient (Wildman–Crippen LogP) is 2.25. The lowest BCUT2D eigenvalue weighted by molar-refractivity contribution is 0.0528. The number of carbonyl (C=O) groups excluding carboxylic acids is 1. The maximum atomic E-state index is 12.2. The summed E-state index contributed by atoms with van der Waals surface area (Å²) in [7, 11) is 0. The molecule has 1 aliphatic rings. The summed E-state index contributed by atoms with van der Waals surface area (Å²) in [6.07, 6.45) is 0. The van der Waals surface area contributed by atoms with Crippen molar-refractivity contribution >= 4 is 22.7 Å². The summed E-state index contributed by atoms with van der Waals surface area (Å²) in [6, 6.07) is 9.47. The molecule has 2 heterocycles. The van der Waals surface area contributed by atoms with Gasteiger partial charge in [0.2, 0.25) is 0 Å². The molecule has 3 rings (SSSR count). The van der Waals surface area contributed by atoms with Crippen LogP contribution in [-0.2, 0) is 9.47 Å². The fourth-order valence-electron chi connectivity index (χ4n) is 2.49. The van der Waals surface area contributed by atoms with Crippen molar-refractivity contribution < 1.29 is 14.3 Å². The van der Waals surface area contributed by atoms with E-state index in [-0.39, 0.29) is 5.97 Å². The zero-order valence-corrected chi connectivity index (χ0v) is 12.0. The van der Waals surface area contributed by atoms with E-state index in [0.717, 1.165) is 29.8 Å². The Kier molecular flexibility index (Phi) is 4.01. The second-order valence-electron chi connectivity index (χ2n) is 4.87. The minimum atomic E-state index is -0.300. The highest BCUT2D eigenvalue weighted by atomic mass is 16.5. The molecule has 2 aromatic rings. The Morgan fingerprint density at radius 3 is 2.86 bits per heavy atom. The summed E-state index contributed by atoms with van der Waals surface area (Å²) in [5.74, 6) is 0.505. The van der Waals surface area contributed by atoms with Gasteiger partial charge in [-0.2, -0.15) is 0 Å². The number of hydrogen-bond acceptors (Lipinski definition) is 5. The number of aromatic nitrogens is 1. The van der Waals surface area contributed by atoms with Crippen molar-refractivity contribution in [1.29, 1.82) is 0 Å². The Bertz CT molecular complexity index is 651. The number of anilines is 1. The van der Waals surface area contributed by atoms with Gasteiger partial charge in [0.15, 0.2) is 0 Å². The summed E-state index contributed by atoms with van der Waals surface area (Å²) in [6.45, 7) is 5.11. The summed E-state index contributed by atoms with van der Waals surface area (Å²) < 4.78 is 10.5. The molecular formula is C16H18N2O3. The van der Waals surface area contributed by atoms with Gasteiger partial charge in [-0.1, -0.05) is 18.2 Å². The third-order valence-corrected chi connectivity index (χ3v) is 3.53. The highest BCUT2D eigenvalue weighted by molar-refractivity contribution is 6.04. The number of fused-ring (bicyclic) bond motifs is 1. The van der Waals surface area contributed by atoms with Gasteiger partial charge in [0.1, 0.15) is 5.82 Å². The Hall–Kier alpha value is -2.14. The number of nitrogens with zero attached hydrogens (tertiary/aromatic N) is 2. The van der Waals surface area contributed by atoms with Crippen LogP contribution in [-0.4, -0.2) is 43.9 Å². The number of para-hydroxylation sites is 1. The van der Waals surface area contributed by atoms with Gasteiger partial charge >= 0.3 is 5.97 Å². The van der Waals surface area contributed by atoms with Crippen LogP contribution in [0.3, 0.4) is 0 Å². The summed E-state index contributed by atoms with van der Waals surface area (Å²) in [5, 5.41) is 0.827. The first-order valence-corrected chi connectivity index (χ1v) is 7.19. The molecule has 1 saturated heterocycles. The van der Waals surface area contributed by atoms with Crippen LogP contribution in [0.1, 0.15) is 17.3 Å². The summed E-state index contributed by atoms with van der Waals surface area (Å²) >= 11 is 0. The minimum absolute atomic E-state index is 0.300. The van der Waals surface area contributed by atoms with Crippen LogP contribution in [0, 0.1) is 0 Å². The molecule has 0 saturated carbocycles. The number of pyridine rings is 1. The van der Waals surface area contributed by atoms with E-state index in [2.05, 4.69) is 9.88 Å². The van der Waals surface area contributed by atoms with E-state index in [1.54, 1.807) is 0 Å². The van der Waals surface area contributed by atoms with Crippen LogP contribution in [0.15, 0.2) is 30.3 Å². The Labute approximate surface area is 123 Å². The van der Waals surface area contributed by atoms with E-state index in [1.165, 1.54) is 0 Å². The third kappa shape index (κ3) is 2.83. The van der Waals surface area contributed by atoms with Gasteiger partial charge in [-0.3, -0.25) is 0 Å². The highest BCUT2D eigenvalue weighted by Gasteiger charge is 2.18. The SMILES string of the molecule is CCOC(=O)c1cc(N2CCOCC2)nc2ccccc12. The van der Waals surface area contributed by atoms with Crippen molar-refractivity contribution in [3.8, 4) is 0 Å². The third-order valence-electron chi connectivity index (χ3n) is 3.53. The Morgan fingerprint density at radius 2 is 2.10 bits per heavy atom. The van der Waals surface area contributed by atoms with Gasteiger partial charge in [0.05, 0.1) is 30.9 Å². The molecule has 0 N–H and O–H groups in total. The predicted molar refractivity (Wildman–Crippen MR) is 80.7 cm³/mol. The first-order valence-electron chi connectivity index (χ1n) is 7.19. The normalized spacial score (nSPS) is 15.2. The average molecular weight is 286 g/mol. The van der Waals surface area contributed by atoms with Gasteiger partial charge in [0, 0.05) is 18.5 Å². The molecule has 1 aromatic heterocycles. The van der Waals surface area contributed by atoms with Gasteiger partial charge in [-0.25, -0.2) is 9.78 Å². The van der Waals surface area contributed by atoms with Gasteiger partial charge < -0.3 is 14.4 Å². The zero-order valence-electron chi connectivity index (χ0n) is 12.0. The molecule has 5 nitrogen and oxygen atoms in total. The Morgan fingerprint density at radius 1 is 1.33 bits per heavy atom. The van der Waals surface area contributed by atoms with Crippen LogP contribution < -0.4 is 4.90 Å². The molecule has 0 radical (unpaired) electrons. The van der Waals surface area contributed by atoms with Crippen LogP contribution in [0.4, 0.5) is 5.82 Å². The second-order valence-corrected chi connectivity index (χ2v) is 4.87. The quantitative estimate of drug-likeness (QED) is 0.810. The first kappa shape index (κ1) is 13.8. The van der Waals surface area contributed by atoms with E-state index < -0.39 is 0 Å². The topological polar surface area (TPSA) is 51.7 Å². The van der Waals surface area contributed by atoms with Crippen molar-refractivity contribution in [2.75, 3.05) is 37.8 Å². The van der Waals surface area contributed by atoms with Gasteiger partial charge in [0.25, 0.3) is 0 Å². The largest absolute Gasteiger partial charge is 0.462 e. The maximum absolute atomic E-state index is 12.2. The molecule has 110 valence electrons. The molecule has 0 atom stereocenters. The molecule has 0 amide bonds. The molecule has 0 spiro atoms.